The summed E-state index contributed by atoms with van der Waals surface area (Å²) in [6.45, 7) is 1.52. The van der Waals surface area contributed by atoms with Crippen molar-refractivity contribution in [1.82, 2.24) is 15.1 Å². The first-order chi connectivity index (χ1) is 9.22. The van der Waals surface area contributed by atoms with Gasteiger partial charge in [0.2, 0.25) is 0 Å². The van der Waals surface area contributed by atoms with E-state index in [0.717, 1.165) is 4.88 Å². The van der Waals surface area contributed by atoms with Crippen molar-refractivity contribution in [3.05, 3.63) is 34.3 Å². The number of hydrogen-bond donors (Lipinski definition) is 2. The maximum Gasteiger partial charge on any atom is 0.274 e. The zero-order valence-electron chi connectivity index (χ0n) is 10.6. The van der Waals surface area contributed by atoms with E-state index in [1.54, 1.807) is 23.3 Å². The highest BCUT2D eigenvalue weighted by molar-refractivity contribution is 7.09. The second-order valence-corrected chi connectivity index (χ2v) is 5.03. The zero-order valence-corrected chi connectivity index (χ0v) is 11.4. The molecule has 0 spiro atoms. The lowest BCUT2D eigenvalue weighted by molar-refractivity contribution is 0.0677. The van der Waals surface area contributed by atoms with Crippen molar-refractivity contribution in [2.45, 2.75) is 6.54 Å². The number of nitrogens with one attached hydrogen (secondary N) is 1. The number of nitrogen functional groups attached to an aromatic ring is 1. The fourth-order valence-electron chi connectivity index (χ4n) is 1.67. The minimum atomic E-state index is -0.166. The highest BCUT2D eigenvalue weighted by Crippen LogP contribution is 2.16. The quantitative estimate of drug-likeness (QED) is 0.836. The van der Waals surface area contributed by atoms with Crippen LogP contribution in [0.25, 0.3) is 0 Å². The van der Waals surface area contributed by atoms with Crippen molar-refractivity contribution in [3.8, 4) is 0 Å². The molecule has 2 aromatic rings. The number of nitrogens with zero attached hydrogens (tertiary/aromatic N) is 2. The molecule has 0 atom stereocenters. The van der Waals surface area contributed by atoms with Gasteiger partial charge < -0.3 is 15.4 Å². The summed E-state index contributed by atoms with van der Waals surface area (Å²) in [6.07, 6.45) is 1.44. The maximum atomic E-state index is 12.4. The molecule has 0 saturated carbocycles. The fourth-order valence-corrected chi connectivity index (χ4v) is 2.39. The van der Waals surface area contributed by atoms with E-state index in [0.29, 0.717) is 31.1 Å². The van der Waals surface area contributed by atoms with E-state index in [1.165, 1.54) is 6.20 Å². The summed E-state index contributed by atoms with van der Waals surface area (Å²) in [6, 6.07) is 3.96. The van der Waals surface area contributed by atoms with Gasteiger partial charge in [-0.25, -0.2) is 0 Å². The van der Waals surface area contributed by atoms with Gasteiger partial charge in [-0.1, -0.05) is 6.07 Å². The molecule has 1 amide bonds. The summed E-state index contributed by atoms with van der Waals surface area (Å²) in [5, 5.41) is 8.40. The van der Waals surface area contributed by atoms with Crippen molar-refractivity contribution in [3.63, 3.8) is 0 Å². The number of anilines is 1. The fraction of sp³-hybridized carbons (Fsp3) is 0.333. The molecule has 0 fully saturated rings. The average Bonchev–Trinajstić information content (AvgIpc) is 3.05. The van der Waals surface area contributed by atoms with Crippen LogP contribution in [-0.2, 0) is 11.3 Å². The lowest BCUT2D eigenvalue weighted by Crippen LogP contribution is -2.33. The summed E-state index contributed by atoms with van der Waals surface area (Å²) < 4.78 is 5.04. The maximum absolute atomic E-state index is 12.4. The molecule has 3 N–H and O–H groups in total. The van der Waals surface area contributed by atoms with Crippen molar-refractivity contribution in [1.29, 1.82) is 0 Å². The molecule has 0 saturated heterocycles. The minimum Gasteiger partial charge on any atom is -0.396 e. The van der Waals surface area contributed by atoms with Crippen LogP contribution >= 0.6 is 11.3 Å². The molecular weight excluding hydrogens is 264 g/mol. The first-order valence-corrected chi connectivity index (χ1v) is 6.69. The molecule has 2 heterocycles. The van der Waals surface area contributed by atoms with Crippen LogP contribution in [0, 0.1) is 0 Å². The number of nitrogens with two attached hydrogens (primary N) is 1. The van der Waals surface area contributed by atoms with E-state index in [2.05, 4.69) is 10.2 Å². The predicted molar refractivity (Wildman–Crippen MR) is 73.9 cm³/mol. The van der Waals surface area contributed by atoms with E-state index in [9.17, 15) is 4.79 Å². The number of ether oxygens (including phenoxy) is 1. The van der Waals surface area contributed by atoms with Crippen LogP contribution < -0.4 is 5.73 Å². The van der Waals surface area contributed by atoms with Gasteiger partial charge in [0.1, 0.15) is 5.69 Å². The zero-order chi connectivity index (χ0) is 13.7. The molecule has 0 aliphatic carbocycles. The van der Waals surface area contributed by atoms with Crippen LogP contribution in [-0.4, -0.2) is 41.3 Å². The highest BCUT2D eigenvalue weighted by Gasteiger charge is 2.20. The third kappa shape index (κ3) is 3.33. The number of carbonyl (C=O) groups is 1. The van der Waals surface area contributed by atoms with E-state index >= 15 is 0 Å². The Morgan fingerprint density at radius 2 is 2.47 bits per heavy atom. The number of thiophene rings is 1. The molecule has 19 heavy (non-hydrogen) atoms. The Hall–Kier alpha value is -1.86. The first-order valence-electron chi connectivity index (χ1n) is 5.81. The second kappa shape index (κ2) is 6.35. The number of rotatable bonds is 6. The van der Waals surface area contributed by atoms with Crippen LogP contribution in [0.3, 0.4) is 0 Å². The number of amides is 1. The van der Waals surface area contributed by atoms with Crippen LogP contribution in [0.4, 0.5) is 5.69 Å². The van der Waals surface area contributed by atoms with E-state index < -0.39 is 0 Å². The van der Waals surface area contributed by atoms with Crippen LogP contribution in [0.15, 0.2) is 23.7 Å². The molecule has 6 nitrogen and oxygen atoms in total. The number of aromatic amines is 1. The van der Waals surface area contributed by atoms with Gasteiger partial charge in [0.15, 0.2) is 0 Å². The number of H-pyrrole nitrogens is 1. The molecule has 0 bridgehead atoms. The van der Waals surface area contributed by atoms with Crippen LogP contribution in [0.1, 0.15) is 15.4 Å². The third-order valence-corrected chi connectivity index (χ3v) is 3.52. The van der Waals surface area contributed by atoms with Crippen molar-refractivity contribution < 1.29 is 9.53 Å². The molecule has 7 heteroatoms. The molecule has 2 aromatic heterocycles. The Labute approximate surface area is 115 Å². The molecule has 2 rings (SSSR count). The van der Waals surface area contributed by atoms with Crippen molar-refractivity contribution in [2.24, 2.45) is 0 Å². The number of aromatic nitrogens is 2. The SMILES string of the molecule is COCCN(Cc1cccs1)C(=O)c1[nH]ncc1N. The summed E-state index contributed by atoms with van der Waals surface area (Å²) in [7, 11) is 1.61. The van der Waals surface area contributed by atoms with E-state index in [1.807, 2.05) is 17.5 Å². The van der Waals surface area contributed by atoms with Gasteiger partial charge in [-0.05, 0) is 11.4 Å². The molecule has 102 valence electrons. The Kier molecular flexibility index (Phi) is 4.53. The smallest absolute Gasteiger partial charge is 0.274 e. The average molecular weight is 280 g/mol. The topological polar surface area (TPSA) is 84.2 Å². The first kappa shape index (κ1) is 13.6. The van der Waals surface area contributed by atoms with Crippen LogP contribution in [0.2, 0.25) is 0 Å². The largest absolute Gasteiger partial charge is 0.396 e. The molecule has 0 radical (unpaired) electrons. The molecule has 0 aromatic carbocycles. The number of carbonyl (C=O) groups excluding carboxylic acids is 1. The third-order valence-electron chi connectivity index (χ3n) is 2.66. The summed E-state index contributed by atoms with van der Waals surface area (Å²) >= 11 is 1.61. The van der Waals surface area contributed by atoms with Crippen molar-refractivity contribution >= 4 is 22.9 Å². The van der Waals surface area contributed by atoms with Gasteiger partial charge in [-0.2, -0.15) is 5.10 Å². The minimum absolute atomic E-state index is 0.166. The van der Waals surface area contributed by atoms with Crippen LogP contribution in [0.5, 0.6) is 0 Å². The Bertz CT molecular complexity index is 524. The second-order valence-electron chi connectivity index (χ2n) is 4.00. The number of hydrogen-bond acceptors (Lipinski definition) is 5. The number of methoxy groups -OCH3 is 1. The Morgan fingerprint density at radius 1 is 1.63 bits per heavy atom. The van der Waals surface area contributed by atoms with Gasteiger partial charge in [0, 0.05) is 18.5 Å². The predicted octanol–water partition coefficient (Wildman–Crippen LogP) is 1.34. The standard InChI is InChI=1S/C12H16N4O2S/c1-18-5-4-16(8-9-3-2-6-19-9)12(17)11-10(13)7-14-15-11/h2-3,6-7H,4-5,8,13H2,1H3,(H,14,15). The monoisotopic (exact) mass is 280 g/mol. The van der Waals surface area contributed by atoms with Gasteiger partial charge in [0.05, 0.1) is 25.0 Å². The normalized spacial score (nSPS) is 10.6. The van der Waals surface area contributed by atoms with Gasteiger partial charge in [-0.15, -0.1) is 11.3 Å². The summed E-state index contributed by atoms with van der Waals surface area (Å²) in [4.78, 5) is 15.2. The molecular formula is C12H16N4O2S. The molecule has 0 unspecified atom stereocenters. The van der Waals surface area contributed by atoms with Crippen molar-refractivity contribution in [2.75, 3.05) is 26.0 Å². The molecule has 0 aliphatic heterocycles. The summed E-state index contributed by atoms with van der Waals surface area (Å²) in [5.41, 5.74) is 6.40. The van der Waals surface area contributed by atoms with Gasteiger partial charge in [-0.3, -0.25) is 9.89 Å². The van der Waals surface area contributed by atoms with Gasteiger partial charge in [0.25, 0.3) is 5.91 Å². The lowest BCUT2D eigenvalue weighted by Gasteiger charge is -2.21. The highest BCUT2D eigenvalue weighted by atomic mass is 32.1. The Balaban J connectivity index is 2.12. The molecule has 0 aliphatic rings. The summed E-state index contributed by atoms with van der Waals surface area (Å²) in [5.74, 6) is -0.166. The van der Waals surface area contributed by atoms with Gasteiger partial charge >= 0.3 is 0 Å². The Morgan fingerprint density at radius 3 is 3.05 bits per heavy atom. The van der Waals surface area contributed by atoms with E-state index in [4.69, 9.17) is 10.5 Å². The lowest BCUT2D eigenvalue weighted by atomic mass is 10.3. The van der Waals surface area contributed by atoms with E-state index in [-0.39, 0.29) is 5.91 Å².